The smallest absolute Gasteiger partial charge is 0.287 e. The summed E-state index contributed by atoms with van der Waals surface area (Å²) in [5.74, 6) is 0.341. The van der Waals surface area contributed by atoms with Crippen LogP contribution in [0.15, 0.2) is 17.2 Å². The van der Waals surface area contributed by atoms with Crippen molar-refractivity contribution in [2.45, 2.75) is 33.9 Å². The lowest BCUT2D eigenvalue weighted by atomic mass is 10.2. The summed E-state index contributed by atoms with van der Waals surface area (Å²) < 4.78 is 1.39. The molecule has 2 heterocycles. The molecule has 0 saturated carbocycles. The maximum absolute atomic E-state index is 12.1. The molecule has 1 N–H and O–H groups in total. The number of hydrogen-bond donors (Lipinski definition) is 1. The predicted octanol–water partition coefficient (Wildman–Crippen LogP) is 2.93. The van der Waals surface area contributed by atoms with E-state index in [1.165, 1.54) is 4.68 Å². The molecule has 0 radical (unpaired) electrons. The highest BCUT2D eigenvalue weighted by atomic mass is 35.5. The summed E-state index contributed by atoms with van der Waals surface area (Å²) in [6.45, 7) is 7.15. The quantitative estimate of drug-likeness (QED) is 0.922. The van der Waals surface area contributed by atoms with Crippen molar-refractivity contribution in [2.24, 2.45) is 5.92 Å². The van der Waals surface area contributed by atoms with Crippen LogP contribution in [0, 0.1) is 12.8 Å². The SMILES string of the molecule is Cc1cnc(CNc2cnn(CC(C)C)c(=O)c2Cl)s1. The Hall–Kier alpha value is -1.40. The van der Waals surface area contributed by atoms with Crippen LogP contribution in [0.4, 0.5) is 5.69 Å². The highest BCUT2D eigenvalue weighted by Crippen LogP contribution is 2.18. The number of aryl methyl sites for hydroxylation is 1. The van der Waals surface area contributed by atoms with Crippen LogP contribution in [0.5, 0.6) is 0 Å². The van der Waals surface area contributed by atoms with Gasteiger partial charge in [0.05, 0.1) is 18.4 Å². The van der Waals surface area contributed by atoms with Gasteiger partial charge in [0.25, 0.3) is 5.56 Å². The Kier molecular flexibility index (Phi) is 4.77. The van der Waals surface area contributed by atoms with E-state index in [-0.39, 0.29) is 10.6 Å². The van der Waals surface area contributed by atoms with Gasteiger partial charge in [-0.3, -0.25) is 4.79 Å². The molecule has 0 amide bonds. The van der Waals surface area contributed by atoms with Gasteiger partial charge < -0.3 is 5.32 Å². The standard InChI is InChI=1S/C13H17ClN4OS/c1-8(2)7-18-13(19)12(14)10(5-17-18)15-6-11-16-4-9(3)20-11/h4-5,8,15H,6-7H2,1-3H3. The molecular formula is C13H17ClN4OS. The van der Waals surface area contributed by atoms with E-state index in [4.69, 9.17) is 11.6 Å². The minimum Gasteiger partial charge on any atom is -0.376 e. The molecular weight excluding hydrogens is 296 g/mol. The number of anilines is 1. The van der Waals surface area contributed by atoms with Crippen molar-refractivity contribution >= 4 is 28.6 Å². The number of thiazole rings is 1. The molecule has 2 aromatic rings. The third kappa shape index (κ3) is 3.58. The fraction of sp³-hybridized carbons (Fsp3) is 0.462. The van der Waals surface area contributed by atoms with Crippen molar-refractivity contribution in [1.29, 1.82) is 0 Å². The first-order valence-corrected chi connectivity index (χ1v) is 7.57. The highest BCUT2D eigenvalue weighted by Gasteiger charge is 2.10. The first-order chi connectivity index (χ1) is 9.47. The normalized spacial score (nSPS) is 11.1. The number of nitrogens with zero attached hydrogens (tertiary/aromatic N) is 3. The average molecular weight is 313 g/mol. The van der Waals surface area contributed by atoms with Gasteiger partial charge in [-0.1, -0.05) is 25.4 Å². The zero-order chi connectivity index (χ0) is 14.7. The second-order valence-electron chi connectivity index (χ2n) is 4.97. The third-order valence-corrected chi connectivity index (χ3v) is 3.90. The second kappa shape index (κ2) is 6.37. The summed E-state index contributed by atoms with van der Waals surface area (Å²) in [5, 5.41) is 8.36. The summed E-state index contributed by atoms with van der Waals surface area (Å²) in [7, 11) is 0. The topological polar surface area (TPSA) is 59.8 Å². The van der Waals surface area contributed by atoms with Crippen LogP contribution < -0.4 is 10.9 Å². The summed E-state index contributed by atoms with van der Waals surface area (Å²) in [5.41, 5.74) is 0.283. The highest BCUT2D eigenvalue weighted by molar-refractivity contribution is 7.11. The van der Waals surface area contributed by atoms with E-state index >= 15 is 0 Å². The van der Waals surface area contributed by atoms with Gasteiger partial charge in [0, 0.05) is 17.6 Å². The van der Waals surface area contributed by atoms with Crippen LogP contribution >= 0.6 is 22.9 Å². The Morgan fingerprint density at radius 3 is 2.80 bits per heavy atom. The van der Waals surface area contributed by atoms with Gasteiger partial charge >= 0.3 is 0 Å². The van der Waals surface area contributed by atoms with Crippen LogP contribution in [0.3, 0.4) is 0 Å². The van der Waals surface area contributed by atoms with E-state index in [0.29, 0.717) is 24.7 Å². The Balaban J connectivity index is 2.13. The molecule has 0 fully saturated rings. The Morgan fingerprint density at radius 1 is 1.45 bits per heavy atom. The van der Waals surface area contributed by atoms with E-state index in [1.54, 1.807) is 17.5 Å². The fourth-order valence-corrected chi connectivity index (χ4v) is 2.66. The van der Waals surface area contributed by atoms with Crippen molar-refractivity contribution in [3.05, 3.63) is 37.7 Å². The molecule has 0 spiro atoms. The van der Waals surface area contributed by atoms with Crippen molar-refractivity contribution in [3.8, 4) is 0 Å². The largest absolute Gasteiger partial charge is 0.376 e. The first-order valence-electron chi connectivity index (χ1n) is 6.38. The number of aromatic nitrogens is 3. The van der Waals surface area contributed by atoms with Crippen LogP contribution in [0.25, 0.3) is 0 Å². The van der Waals surface area contributed by atoms with Crippen molar-refractivity contribution in [1.82, 2.24) is 14.8 Å². The first kappa shape index (κ1) is 15.0. The molecule has 7 heteroatoms. The zero-order valence-electron chi connectivity index (χ0n) is 11.7. The number of nitrogens with one attached hydrogen (secondary N) is 1. The van der Waals surface area contributed by atoms with Gasteiger partial charge in [-0.2, -0.15) is 5.10 Å². The summed E-state index contributed by atoms with van der Waals surface area (Å²) >= 11 is 7.71. The molecule has 2 aromatic heterocycles. The summed E-state index contributed by atoms with van der Waals surface area (Å²) in [6, 6.07) is 0. The average Bonchev–Trinajstić information content (AvgIpc) is 2.79. The van der Waals surface area contributed by atoms with Gasteiger partial charge in [-0.15, -0.1) is 11.3 Å². The van der Waals surface area contributed by atoms with Crippen molar-refractivity contribution < 1.29 is 0 Å². The molecule has 0 saturated heterocycles. The molecule has 5 nitrogen and oxygen atoms in total. The molecule has 0 aliphatic rings. The lowest BCUT2D eigenvalue weighted by Crippen LogP contribution is -2.26. The fourth-order valence-electron chi connectivity index (χ4n) is 1.72. The van der Waals surface area contributed by atoms with Gasteiger partial charge in [0.2, 0.25) is 0 Å². The number of halogens is 1. The van der Waals surface area contributed by atoms with Gasteiger partial charge in [0.15, 0.2) is 0 Å². The molecule has 0 aliphatic heterocycles. The Bertz CT molecular complexity index is 650. The lowest BCUT2D eigenvalue weighted by Gasteiger charge is -2.10. The zero-order valence-corrected chi connectivity index (χ0v) is 13.3. The molecule has 0 aliphatic carbocycles. The van der Waals surface area contributed by atoms with Crippen LogP contribution in [0.2, 0.25) is 5.02 Å². The maximum atomic E-state index is 12.1. The third-order valence-electron chi connectivity index (χ3n) is 2.62. The number of hydrogen-bond acceptors (Lipinski definition) is 5. The van der Waals surface area contributed by atoms with E-state index < -0.39 is 0 Å². The van der Waals surface area contributed by atoms with Crippen molar-refractivity contribution in [2.75, 3.05) is 5.32 Å². The van der Waals surface area contributed by atoms with E-state index in [9.17, 15) is 4.79 Å². The van der Waals surface area contributed by atoms with Crippen LogP contribution in [0.1, 0.15) is 23.7 Å². The van der Waals surface area contributed by atoms with Gasteiger partial charge in [0.1, 0.15) is 10.0 Å². The monoisotopic (exact) mass is 312 g/mol. The molecule has 0 atom stereocenters. The molecule has 0 bridgehead atoms. The van der Waals surface area contributed by atoms with Crippen molar-refractivity contribution in [3.63, 3.8) is 0 Å². The van der Waals surface area contributed by atoms with Gasteiger partial charge in [-0.25, -0.2) is 9.67 Å². The molecule has 2 rings (SSSR count). The minimum atomic E-state index is -0.263. The number of rotatable bonds is 5. The molecule has 0 unspecified atom stereocenters. The van der Waals surface area contributed by atoms with E-state index in [1.807, 2.05) is 27.0 Å². The van der Waals surface area contributed by atoms with Crippen LogP contribution in [-0.4, -0.2) is 14.8 Å². The summed E-state index contributed by atoms with van der Waals surface area (Å²) in [6.07, 6.45) is 3.41. The van der Waals surface area contributed by atoms with Crippen LogP contribution in [-0.2, 0) is 13.1 Å². The van der Waals surface area contributed by atoms with E-state index in [0.717, 1.165) is 9.88 Å². The molecule has 108 valence electrons. The Morgan fingerprint density at radius 2 is 2.20 bits per heavy atom. The minimum absolute atomic E-state index is 0.175. The molecule has 0 aromatic carbocycles. The second-order valence-corrected chi connectivity index (χ2v) is 6.67. The summed E-state index contributed by atoms with van der Waals surface area (Å²) in [4.78, 5) is 17.5. The van der Waals surface area contributed by atoms with Gasteiger partial charge in [-0.05, 0) is 12.8 Å². The molecule has 20 heavy (non-hydrogen) atoms. The lowest BCUT2D eigenvalue weighted by molar-refractivity contribution is 0.464. The predicted molar refractivity (Wildman–Crippen MR) is 82.5 cm³/mol. The maximum Gasteiger partial charge on any atom is 0.287 e. The van der Waals surface area contributed by atoms with E-state index in [2.05, 4.69) is 15.4 Å². The Labute approximate surface area is 126 Å².